The van der Waals surface area contributed by atoms with Crippen LogP contribution in [0.25, 0.3) is 10.6 Å². The maximum Gasteiger partial charge on any atom is 0.123 e. The molecule has 1 aromatic heterocycles. The highest BCUT2D eigenvalue weighted by Crippen LogP contribution is 2.34. The molecule has 3 heteroatoms. The second-order valence-electron chi connectivity index (χ2n) is 5.10. The highest BCUT2D eigenvalue weighted by molar-refractivity contribution is 7.15. The molecule has 18 heavy (non-hydrogen) atoms. The van der Waals surface area contributed by atoms with Crippen LogP contribution in [0.1, 0.15) is 22.6 Å². The van der Waals surface area contributed by atoms with Crippen molar-refractivity contribution >= 4 is 11.3 Å². The Hall–Kier alpha value is -1.19. The van der Waals surface area contributed by atoms with Gasteiger partial charge >= 0.3 is 0 Å². The predicted molar refractivity (Wildman–Crippen MR) is 76.9 cm³/mol. The maximum absolute atomic E-state index is 5.78. The number of nitrogens with two attached hydrogens (primary N) is 1. The van der Waals surface area contributed by atoms with E-state index in [1.807, 2.05) is 11.3 Å². The van der Waals surface area contributed by atoms with Crippen molar-refractivity contribution in [3.63, 3.8) is 0 Å². The summed E-state index contributed by atoms with van der Waals surface area (Å²) in [5.41, 5.74) is 9.62. The zero-order valence-corrected chi connectivity index (χ0v) is 11.5. The zero-order chi connectivity index (χ0) is 12.5. The molecule has 0 amide bonds. The minimum atomic E-state index is 0.656. The molecule has 0 fully saturated rings. The highest BCUT2D eigenvalue weighted by Gasteiger charge is 2.21. The van der Waals surface area contributed by atoms with E-state index in [1.165, 1.54) is 28.1 Å². The van der Waals surface area contributed by atoms with E-state index in [1.54, 1.807) is 0 Å². The van der Waals surface area contributed by atoms with Gasteiger partial charge in [-0.3, -0.25) is 0 Å². The summed E-state index contributed by atoms with van der Waals surface area (Å²) in [5.74, 6) is 0.656. The second-order valence-corrected chi connectivity index (χ2v) is 6.18. The molecule has 1 aliphatic rings. The van der Waals surface area contributed by atoms with Gasteiger partial charge in [0.1, 0.15) is 5.01 Å². The molecule has 0 saturated heterocycles. The summed E-state index contributed by atoms with van der Waals surface area (Å²) < 4.78 is 0. The summed E-state index contributed by atoms with van der Waals surface area (Å²) in [6.45, 7) is 2.92. The van der Waals surface area contributed by atoms with Crippen LogP contribution in [-0.2, 0) is 12.8 Å². The number of nitrogens with zero attached hydrogens (tertiary/aromatic N) is 1. The van der Waals surface area contributed by atoms with Gasteiger partial charge in [0.05, 0.1) is 5.69 Å². The fourth-order valence-electron chi connectivity index (χ4n) is 2.46. The number of aromatic nitrogens is 1. The van der Waals surface area contributed by atoms with E-state index < -0.39 is 0 Å². The molecule has 1 unspecified atom stereocenters. The van der Waals surface area contributed by atoms with Gasteiger partial charge in [0.2, 0.25) is 0 Å². The Labute approximate surface area is 112 Å². The van der Waals surface area contributed by atoms with Crippen LogP contribution in [0.15, 0.2) is 24.3 Å². The first-order valence-electron chi connectivity index (χ1n) is 6.52. The lowest BCUT2D eigenvalue weighted by atomic mass is 9.91. The van der Waals surface area contributed by atoms with E-state index in [9.17, 15) is 0 Å². The third-order valence-corrected chi connectivity index (χ3v) is 4.84. The third-order valence-electron chi connectivity index (χ3n) is 3.67. The van der Waals surface area contributed by atoms with Crippen molar-refractivity contribution in [3.05, 3.63) is 40.4 Å². The number of benzene rings is 1. The number of hydrogen-bond donors (Lipinski definition) is 1. The van der Waals surface area contributed by atoms with Crippen LogP contribution in [0.4, 0.5) is 0 Å². The van der Waals surface area contributed by atoms with E-state index >= 15 is 0 Å². The minimum absolute atomic E-state index is 0.656. The molecule has 1 aliphatic carbocycles. The molecule has 0 spiro atoms. The standard InChI is InChI=1S/C15H18N2S/c1-10-2-5-12(6-3-10)15-17-13-7-4-11(9-16)8-14(13)18-15/h2-3,5-6,11H,4,7-9,16H2,1H3. The third kappa shape index (κ3) is 2.20. The molecule has 1 aromatic carbocycles. The van der Waals surface area contributed by atoms with Crippen LogP contribution in [-0.4, -0.2) is 11.5 Å². The molecule has 2 aromatic rings. The van der Waals surface area contributed by atoms with Crippen molar-refractivity contribution < 1.29 is 0 Å². The number of fused-ring (bicyclic) bond motifs is 1. The summed E-state index contributed by atoms with van der Waals surface area (Å²) in [6, 6.07) is 8.64. The molecule has 0 saturated carbocycles. The highest BCUT2D eigenvalue weighted by atomic mass is 32.1. The van der Waals surface area contributed by atoms with Crippen LogP contribution >= 0.6 is 11.3 Å². The first kappa shape index (κ1) is 11.9. The zero-order valence-electron chi connectivity index (χ0n) is 10.6. The Morgan fingerprint density at radius 1 is 1.33 bits per heavy atom. The lowest BCUT2D eigenvalue weighted by molar-refractivity contribution is 0.470. The van der Waals surface area contributed by atoms with Gasteiger partial charge < -0.3 is 5.73 Å². The Morgan fingerprint density at radius 2 is 2.11 bits per heavy atom. The number of rotatable bonds is 2. The van der Waals surface area contributed by atoms with E-state index in [4.69, 9.17) is 10.7 Å². The fraction of sp³-hybridized carbons (Fsp3) is 0.400. The summed E-state index contributed by atoms with van der Waals surface area (Å²) >= 11 is 1.85. The Kier molecular flexibility index (Phi) is 3.18. The molecule has 2 nitrogen and oxygen atoms in total. The van der Waals surface area contributed by atoms with Crippen molar-refractivity contribution in [2.75, 3.05) is 6.54 Å². The lowest BCUT2D eigenvalue weighted by Crippen LogP contribution is -2.21. The minimum Gasteiger partial charge on any atom is -0.330 e. The molecule has 1 atom stereocenters. The molecular weight excluding hydrogens is 240 g/mol. The summed E-state index contributed by atoms with van der Waals surface area (Å²) in [5, 5.41) is 1.16. The van der Waals surface area contributed by atoms with E-state index in [2.05, 4.69) is 31.2 Å². The van der Waals surface area contributed by atoms with Gasteiger partial charge in [0, 0.05) is 10.4 Å². The largest absolute Gasteiger partial charge is 0.330 e. The maximum atomic E-state index is 5.78. The van der Waals surface area contributed by atoms with Crippen LogP contribution in [0, 0.1) is 12.8 Å². The van der Waals surface area contributed by atoms with Gasteiger partial charge in [0.15, 0.2) is 0 Å². The number of thiazole rings is 1. The first-order chi connectivity index (χ1) is 8.76. The number of aryl methyl sites for hydroxylation is 2. The average molecular weight is 258 g/mol. The Bertz CT molecular complexity index is 542. The van der Waals surface area contributed by atoms with Crippen molar-refractivity contribution in [3.8, 4) is 10.6 Å². The summed E-state index contributed by atoms with van der Waals surface area (Å²) in [7, 11) is 0. The first-order valence-corrected chi connectivity index (χ1v) is 7.33. The van der Waals surface area contributed by atoms with Gasteiger partial charge in [-0.25, -0.2) is 4.98 Å². The molecule has 0 aliphatic heterocycles. The molecule has 0 bridgehead atoms. The fourth-order valence-corrected chi connectivity index (χ4v) is 3.69. The Balaban J connectivity index is 1.91. The van der Waals surface area contributed by atoms with E-state index in [0.717, 1.165) is 24.4 Å². The smallest absolute Gasteiger partial charge is 0.123 e. The second kappa shape index (κ2) is 4.82. The molecule has 1 heterocycles. The molecule has 0 radical (unpaired) electrons. The average Bonchev–Trinajstić information content (AvgIpc) is 2.82. The van der Waals surface area contributed by atoms with Crippen LogP contribution in [0.5, 0.6) is 0 Å². The number of hydrogen-bond acceptors (Lipinski definition) is 3. The molecule has 94 valence electrons. The lowest BCUT2D eigenvalue weighted by Gasteiger charge is -2.18. The van der Waals surface area contributed by atoms with Gasteiger partial charge in [-0.1, -0.05) is 29.8 Å². The molecular formula is C15H18N2S. The van der Waals surface area contributed by atoms with Crippen molar-refractivity contribution in [2.24, 2.45) is 11.7 Å². The quantitative estimate of drug-likeness (QED) is 0.898. The van der Waals surface area contributed by atoms with Crippen LogP contribution < -0.4 is 5.73 Å². The van der Waals surface area contributed by atoms with Crippen molar-refractivity contribution in [2.45, 2.75) is 26.2 Å². The van der Waals surface area contributed by atoms with E-state index in [-0.39, 0.29) is 0 Å². The van der Waals surface area contributed by atoms with Gasteiger partial charge in [-0.15, -0.1) is 11.3 Å². The van der Waals surface area contributed by atoms with Crippen LogP contribution in [0.3, 0.4) is 0 Å². The van der Waals surface area contributed by atoms with Crippen molar-refractivity contribution in [1.82, 2.24) is 4.98 Å². The molecule has 3 rings (SSSR count). The molecule has 2 N–H and O–H groups in total. The Morgan fingerprint density at radius 3 is 2.83 bits per heavy atom. The van der Waals surface area contributed by atoms with Crippen LogP contribution in [0.2, 0.25) is 0 Å². The summed E-state index contributed by atoms with van der Waals surface area (Å²) in [6.07, 6.45) is 3.41. The van der Waals surface area contributed by atoms with Gasteiger partial charge in [-0.05, 0) is 38.6 Å². The van der Waals surface area contributed by atoms with Gasteiger partial charge in [0.25, 0.3) is 0 Å². The van der Waals surface area contributed by atoms with Gasteiger partial charge in [-0.2, -0.15) is 0 Å². The monoisotopic (exact) mass is 258 g/mol. The SMILES string of the molecule is Cc1ccc(-c2nc3c(s2)CC(CN)CC3)cc1. The summed E-state index contributed by atoms with van der Waals surface area (Å²) in [4.78, 5) is 6.25. The predicted octanol–water partition coefficient (Wildman–Crippen LogP) is 3.18. The topological polar surface area (TPSA) is 38.9 Å². The van der Waals surface area contributed by atoms with Crippen molar-refractivity contribution in [1.29, 1.82) is 0 Å². The normalized spacial score (nSPS) is 18.7. The van der Waals surface area contributed by atoms with E-state index in [0.29, 0.717) is 5.92 Å².